The molecule has 0 aliphatic carbocycles. The first kappa shape index (κ1) is 15.9. The van der Waals surface area contributed by atoms with Gasteiger partial charge in [0.15, 0.2) is 0 Å². The van der Waals surface area contributed by atoms with Crippen molar-refractivity contribution in [2.45, 2.75) is 26.1 Å². The van der Waals surface area contributed by atoms with E-state index in [1.165, 1.54) is 0 Å². The SMILES string of the molecule is C=CCn1cc(CN(CC(N)=O)[C@H](C)c2ccccc2)nn1. The van der Waals surface area contributed by atoms with Gasteiger partial charge in [-0.25, -0.2) is 4.68 Å². The Labute approximate surface area is 130 Å². The number of primary amides is 1. The summed E-state index contributed by atoms with van der Waals surface area (Å²) < 4.78 is 1.71. The van der Waals surface area contributed by atoms with E-state index in [1.54, 1.807) is 10.8 Å². The topological polar surface area (TPSA) is 77.0 Å². The molecule has 2 rings (SSSR count). The molecular formula is C16H21N5O. The molecular weight excluding hydrogens is 278 g/mol. The molecule has 0 unspecified atom stereocenters. The Hall–Kier alpha value is -2.47. The van der Waals surface area contributed by atoms with Gasteiger partial charge < -0.3 is 5.73 Å². The van der Waals surface area contributed by atoms with Gasteiger partial charge in [0.25, 0.3) is 0 Å². The summed E-state index contributed by atoms with van der Waals surface area (Å²) in [7, 11) is 0. The van der Waals surface area contributed by atoms with Crippen LogP contribution in [0.5, 0.6) is 0 Å². The number of carbonyl (C=O) groups is 1. The van der Waals surface area contributed by atoms with E-state index in [1.807, 2.05) is 48.4 Å². The number of nitrogens with zero attached hydrogens (tertiary/aromatic N) is 4. The van der Waals surface area contributed by atoms with Crippen molar-refractivity contribution in [3.05, 3.63) is 60.4 Å². The van der Waals surface area contributed by atoms with Gasteiger partial charge >= 0.3 is 0 Å². The van der Waals surface area contributed by atoms with Crippen molar-refractivity contribution < 1.29 is 4.79 Å². The third kappa shape index (κ3) is 4.26. The highest BCUT2D eigenvalue weighted by Crippen LogP contribution is 2.21. The molecule has 1 atom stereocenters. The maximum absolute atomic E-state index is 11.4. The number of allylic oxidation sites excluding steroid dienone is 1. The van der Waals surface area contributed by atoms with Crippen molar-refractivity contribution in [2.24, 2.45) is 5.73 Å². The van der Waals surface area contributed by atoms with Gasteiger partial charge in [0.2, 0.25) is 5.91 Å². The number of rotatable bonds is 8. The van der Waals surface area contributed by atoms with Crippen LogP contribution in [0.25, 0.3) is 0 Å². The molecule has 116 valence electrons. The lowest BCUT2D eigenvalue weighted by molar-refractivity contribution is -0.119. The van der Waals surface area contributed by atoms with Crippen LogP contribution in [0.1, 0.15) is 24.2 Å². The van der Waals surface area contributed by atoms with Crippen molar-refractivity contribution >= 4 is 5.91 Å². The van der Waals surface area contributed by atoms with Crippen LogP contribution in [0.15, 0.2) is 49.2 Å². The number of benzene rings is 1. The highest BCUT2D eigenvalue weighted by molar-refractivity contribution is 5.76. The first-order chi connectivity index (χ1) is 10.6. The molecule has 1 heterocycles. The molecule has 0 saturated carbocycles. The van der Waals surface area contributed by atoms with Crippen LogP contribution in [0.3, 0.4) is 0 Å². The minimum Gasteiger partial charge on any atom is -0.369 e. The van der Waals surface area contributed by atoms with Crippen LogP contribution in [-0.2, 0) is 17.9 Å². The predicted molar refractivity (Wildman–Crippen MR) is 84.7 cm³/mol. The van der Waals surface area contributed by atoms with Gasteiger partial charge in [0.1, 0.15) is 0 Å². The van der Waals surface area contributed by atoms with Gasteiger partial charge in [-0.1, -0.05) is 41.6 Å². The lowest BCUT2D eigenvalue weighted by atomic mass is 10.1. The Morgan fingerprint density at radius 3 is 2.82 bits per heavy atom. The van der Waals surface area contributed by atoms with Crippen LogP contribution in [0.4, 0.5) is 0 Å². The van der Waals surface area contributed by atoms with Gasteiger partial charge in [-0.3, -0.25) is 9.69 Å². The van der Waals surface area contributed by atoms with E-state index < -0.39 is 0 Å². The van der Waals surface area contributed by atoms with Crippen molar-refractivity contribution in [3.63, 3.8) is 0 Å². The van der Waals surface area contributed by atoms with Crippen molar-refractivity contribution in [1.82, 2.24) is 19.9 Å². The summed E-state index contributed by atoms with van der Waals surface area (Å²) in [4.78, 5) is 13.4. The van der Waals surface area contributed by atoms with E-state index in [4.69, 9.17) is 5.73 Å². The van der Waals surface area contributed by atoms with E-state index in [-0.39, 0.29) is 18.5 Å². The zero-order valence-electron chi connectivity index (χ0n) is 12.7. The second kappa shape index (κ2) is 7.51. The quantitative estimate of drug-likeness (QED) is 0.750. The molecule has 1 aromatic carbocycles. The molecule has 1 aromatic heterocycles. The molecule has 6 heteroatoms. The summed E-state index contributed by atoms with van der Waals surface area (Å²) in [5.74, 6) is -0.360. The molecule has 0 spiro atoms. The smallest absolute Gasteiger partial charge is 0.231 e. The molecule has 6 nitrogen and oxygen atoms in total. The van der Waals surface area contributed by atoms with E-state index in [2.05, 4.69) is 16.9 Å². The summed E-state index contributed by atoms with van der Waals surface area (Å²) in [6.07, 6.45) is 3.61. The molecule has 0 aliphatic rings. The summed E-state index contributed by atoms with van der Waals surface area (Å²) >= 11 is 0. The summed E-state index contributed by atoms with van der Waals surface area (Å²) in [6.45, 7) is 7.01. The molecule has 2 aromatic rings. The van der Waals surface area contributed by atoms with E-state index >= 15 is 0 Å². The maximum atomic E-state index is 11.4. The zero-order valence-corrected chi connectivity index (χ0v) is 12.7. The van der Waals surface area contributed by atoms with Crippen molar-refractivity contribution in [1.29, 1.82) is 0 Å². The number of carbonyl (C=O) groups excluding carboxylic acids is 1. The fourth-order valence-corrected chi connectivity index (χ4v) is 2.31. The van der Waals surface area contributed by atoms with E-state index in [0.29, 0.717) is 13.1 Å². The Balaban J connectivity index is 2.14. The average Bonchev–Trinajstić information content (AvgIpc) is 2.94. The molecule has 0 radical (unpaired) electrons. The standard InChI is InChI=1S/C16H21N5O/c1-3-9-21-11-15(18-19-21)10-20(12-16(17)22)13(2)14-7-5-4-6-8-14/h3-8,11,13H,1,9-10,12H2,2H3,(H2,17,22)/t13-/m1/s1. The first-order valence-corrected chi connectivity index (χ1v) is 7.17. The molecule has 2 N–H and O–H groups in total. The Bertz CT molecular complexity index is 622. The third-order valence-corrected chi connectivity index (χ3v) is 3.46. The summed E-state index contributed by atoms with van der Waals surface area (Å²) in [6, 6.07) is 10.1. The van der Waals surface area contributed by atoms with Crippen LogP contribution in [-0.4, -0.2) is 32.3 Å². The molecule has 0 aliphatic heterocycles. The summed E-state index contributed by atoms with van der Waals surface area (Å²) in [5, 5.41) is 8.15. The van der Waals surface area contributed by atoms with E-state index in [0.717, 1.165) is 11.3 Å². The lowest BCUT2D eigenvalue weighted by Gasteiger charge is -2.27. The minimum atomic E-state index is -0.360. The van der Waals surface area contributed by atoms with Gasteiger partial charge in [0.05, 0.1) is 25.0 Å². The molecule has 0 saturated heterocycles. The van der Waals surface area contributed by atoms with Crippen LogP contribution in [0, 0.1) is 0 Å². The summed E-state index contributed by atoms with van der Waals surface area (Å²) in [5.41, 5.74) is 7.30. The number of aromatic nitrogens is 3. The maximum Gasteiger partial charge on any atom is 0.231 e. The van der Waals surface area contributed by atoms with E-state index in [9.17, 15) is 4.79 Å². The number of hydrogen-bond acceptors (Lipinski definition) is 4. The van der Waals surface area contributed by atoms with Crippen molar-refractivity contribution in [3.8, 4) is 0 Å². The lowest BCUT2D eigenvalue weighted by Crippen LogP contribution is -2.35. The Morgan fingerprint density at radius 2 is 2.18 bits per heavy atom. The minimum absolute atomic E-state index is 0.0539. The molecule has 1 amide bonds. The van der Waals surface area contributed by atoms with Crippen molar-refractivity contribution in [2.75, 3.05) is 6.54 Å². The normalized spacial score (nSPS) is 12.3. The molecule has 0 bridgehead atoms. The van der Waals surface area contributed by atoms with Crippen LogP contribution < -0.4 is 5.73 Å². The Morgan fingerprint density at radius 1 is 1.45 bits per heavy atom. The third-order valence-electron chi connectivity index (χ3n) is 3.46. The highest BCUT2D eigenvalue weighted by atomic mass is 16.1. The van der Waals surface area contributed by atoms with Gasteiger partial charge in [-0.2, -0.15) is 0 Å². The second-order valence-electron chi connectivity index (χ2n) is 5.18. The fourth-order valence-electron chi connectivity index (χ4n) is 2.31. The van der Waals surface area contributed by atoms with Crippen LogP contribution >= 0.6 is 0 Å². The monoisotopic (exact) mass is 299 g/mol. The fraction of sp³-hybridized carbons (Fsp3) is 0.312. The highest BCUT2D eigenvalue weighted by Gasteiger charge is 2.19. The number of amides is 1. The number of nitrogens with two attached hydrogens (primary N) is 1. The largest absolute Gasteiger partial charge is 0.369 e. The second-order valence-corrected chi connectivity index (χ2v) is 5.18. The average molecular weight is 299 g/mol. The van der Waals surface area contributed by atoms with Gasteiger partial charge in [-0.15, -0.1) is 11.7 Å². The predicted octanol–water partition coefficient (Wildman–Crippen LogP) is 1.51. The Kier molecular flexibility index (Phi) is 5.43. The van der Waals surface area contributed by atoms with Gasteiger partial charge in [0, 0.05) is 12.6 Å². The first-order valence-electron chi connectivity index (χ1n) is 7.17. The zero-order chi connectivity index (χ0) is 15.9. The molecule has 22 heavy (non-hydrogen) atoms. The van der Waals surface area contributed by atoms with Crippen LogP contribution in [0.2, 0.25) is 0 Å². The number of hydrogen-bond donors (Lipinski definition) is 1. The molecule has 0 fully saturated rings. The van der Waals surface area contributed by atoms with Gasteiger partial charge in [-0.05, 0) is 12.5 Å².